The number of hydrogen-bond donors (Lipinski definition) is 10. The number of hydrogen-bond acceptors (Lipinski definition) is 17. The summed E-state index contributed by atoms with van der Waals surface area (Å²) in [6.45, 7) is 12.9. The maximum absolute atomic E-state index is 14.0. The number of H-pyrrole nitrogens is 5. The molecule has 16 rings (SSSR count). The summed E-state index contributed by atoms with van der Waals surface area (Å²) in [5, 5.41) is 23.1. The van der Waals surface area contributed by atoms with Crippen LogP contribution in [-0.2, 0) is 38.8 Å². The SMILES string of the molecule is CN1CCC(N2C(=O)c3cc4c(cc3C2=O)N=C(c2c(N[C@@H](CO)Cc3ccccc3)cc[nH]c2=O)C4)CC1.CNCCN1Cc2cc3[nH]c(-c4c(N[C@@H](C)Cc5cc(F)ccc5C)cc[nH]c4=O)nc3cc2C1=O.Cc1c(F)cc(F)cc1C[C@H](C)Nc1cc[nH]c(=O)c1-c1nc2cc3c(cc2[nH]1)CN(CCN(C)C)C3=O. The van der Waals surface area contributed by atoms with E-state index in [1.54, 1.807) is 73.9 Å². The van der Waals surface area contributed by atoms with Gasteiger partial charge in [0.25, 0.3) is 40.3 Å². The molecule has 0 unspecified atom stereocenters. The number of imidazole rings is 2. The Morgan fingerprint density at radius 3 is 1.69 bits per heavy atom. The number of piperidine rings is 1. The predicted molar refractivity (Wildman–Crippen MR) is 431 cm³/mol. The number of amides is 4. The molecule has 11 aromatic rings. The summed E-state index contributed by atoms with van der Waals surface area (Å²) >= 11 is 0. The third kappa shape index (κ3) is 16.6. The number of nitrogens with one attached hydrogen (secondary N) is 9. The highest BCUT2D eigenvalue weighted by Gasteiger charge is 2.42. The zero-order chi connectivity index (χ0) is 79.6. The molecule has 584 valence electrons. The van der Waals surface area contributed by atoms with Gasteiger partial charge in [-0.15, -0.1) is 0 Å². The van der Waals surface area contributed by atoms with Crippen LogP contribution in [0, 0.1) is 31.3 Å². The maximum Gasteiger partial charge on any atom is 0.261 e. The summed E-state index contributed by atoms with van der Waals surface area (Å²) in [5.74, 6) is -1.22. The van der Waals surface area contributed by atoms with E-state index in [4.69, 9.17) is 4.99 Å². The van der Waals surface area contributed by atoms with Crippen LogP contribution in [0.25, 0.3) is 44.8 Å². The number of aliphatic hydroxyl groups is 1. The van der Waals surface area contributed by atoms with E-state index in [-0.39, 0.29) is 76.9 Å². The molecule has 10 heterocycles. The van der Waals surface area contributed by atoms with Gasteiger partial charge in [-0.05, 0) is 218 Å². The van der Waals surface area contributed by atoms with Gasteiger partial charge in [0, 0.05) is 99.6 Å². The van der Waals surface area contributed by atoms with Crippen LogP contribution in [0.4, 0.5) is 35.9 Å². The number of halogens is 3. The van der Waals surface area contributed by atoms with Gasteiger partial charge >= 0.3 is 0 Å². The number of aliphatic hydroxyl groups excluding tert-OH is 1. The summed E-state index contributed by atoms with van der Waals surface area (Å²) in [4.78, 5) is 129. The molecule has 5 aromatic heterocycles. The van der Waals surface area contributed by atoms with E-state index in [2.05, 4.69) is 61.1 Å². The first-order chi connectivity index (χ1) is 54.4. The molecule has 0 spiro atoms. The van der Waals surface area contributed by atoms with E-state index in [0.29, 0.717) is 153 Å². The molecule has 5 aliphatic heterocycles. The highest BCUT2D eigenvalue weighted by Crippen LogP contribution is 2.39. The lowest BCUT2D eigenvalue weighted by Crippen LogP contribution is -2.46. The smallest absolute Gasteiger partial charge is 0.261 e. The molecule has 0 aliphatic carbocycles. The Bertz CT molecular complexity index is 5730. The number of benzene rings is 6. The molecule has 25 nitrogen and oxygen atoms in total. The fourth-order valence-corrected chi connectivity index (χ4v) is 15.5. The van der Waals surface area contributed by atoms with Crippen LogP contribution in [0.5, 0.6) is 0 Å². The fourth-order valence-electron chi connectivity index (χ4n) is 15.5. The van der Waals surface area contributed by atoms with Crippen molar-refractivity contribution in [2.75, 3.05) is 90.0 Å². The van der Waals surface area contributed by atoms with Gasteiger partial charge in [0.05, 0.1) is 79.9 Å². The average Bonchev–Trinajstić information content (AvgIpc) is 1.60. The van der Waals surface area contributed by atoms with Gasteiger partial charge in [0.2, 0.25) is 0 Å². The summed E-state index contributed by atoms with van der Waals surface area (Å²) in [5.41, 5.74) is 14.5. The monoisotopic (exact) mass is 1530 g/mol. The maximum atomic E-state index is 14.0. The second kappa shape index (κ2) is 33.1. The molecular formula is C85H90F3N17O8. The minimum Gasteiger partial charge on any atom is -0.394 e. The molecule has 4 amide bonds. The summed E-state index contributed by atoms with van der Waals surface area (Å²) in [7, 11) is 7.85. The second-order valence-corrected chi connectivity index (χ2v) is 30.1. The number of aromatic amines is 5. The molecule has 28 heteroatoms. The standard InChI is InChI=1S/C30H31N5O4.C28H30F2N6O2.C27H29FN6O2/c1-34-11-8-21(9-12-34)35-29(38)22-14-19-15-26(33-25(19)16-23(22)30(35)39)27-24(7-10-31-28(27)37)32-20(17-36)13-18-5-3-2-4-6-18;1-15(9-17-10-19(29)12-21(30)16(17)2)32-22-5-6-31-27(37)25(22)26-33-23-11-18-14-36(8-7-35(3)4)28(38)20(18)13-24(23)34-26;1-15-4-5-19(28)11-17(15)10-16(2)31-21-6-7-30-26(35)24(21)25-32-22-12-18-14-34(9-8-29-3)27(36)20(18)13-23(22)33-25/h2-7,10,14,16,20-21,36H,8-9,11-13,15,17H2,1H3,(H2,31,32,37);5-6,10-13,15H,7-9,14H2,1-4H3,(H,33,34)(H2,31,32,37);4-7,11-13,16,29H,8-10,14H2,1-3H3,(H,32,33)(H2,30,31,35)/t20-;15-;16-/m100/s1. The lowest BCUT2D eigenvalue weighted by Gasteiger charge is -2.33. The van der Waals surface area contributed by atoms with Crippen molar-refractivity contribution in [1.82, 2.24) is 64.7 Å². The number of likely N-dealkylation sites (N-methyl/N-ethyl adjacent to an activating group) is 2. The van der Waals surface area contributed by atoms with Gasteiger partial charge in [0.1, 0.15) is 40.2 Å². The van der Waals surface area contributed by atoms with E-state index in [9.17, 15) is 51.8 Å². The molecule has 0 radical (unpaired) electrons. The van der Waals surface area contributed by atoms with Gasteiger partial charge in [0.15, 0.2) is 0 Å². The second-order valence-electron chi connectivity index (χ2n) is 30.1. The highest BCUT2D eigenvalue weighted by molar-refractivity contribution is 6.23. The minimum atomic E-state index is -0.624. The van der Waals surface area contributed by atoms with E-state index < -0.39 is 11.6 Å². The number of carbonyl (C=O) groups excluding carboxylic acids is 4. The number of likely N-dealkylation sites (tertiary alicyclic amines) is 1. The zero-order valence-electron chi connectivity index (χ0n) is 64.1. The van der Waals surface area contributed by atoms with Gasteiger partial charge in [-0.2, -0.15) is 0 Å². The number of imide groups is 1. The molecule has 1 fully saturated rings. The summed E-state index contributed by atoms with van der Waals surface area (Å²) < 4.78 is 41.5. The zero-order valence-corrected chi connectivity index (χ0v) is 64.1. The van der Waals surface area contributed by atoms with E-state index in [0.717, 1.165) is 89.5 Å². The van der Waals surface area contributed by atoms with E-state index in [1.807, 2.05) is 106 Å². The number of aromatic nitrogens is 7. The van der Waals surface area contributed by atoms with Gasteiger partial charge in [-0.3, -0.25) is 43.5 Å². The van der Waals surface area contributed by atoms with Crippen LogP contribution >= 0.6 is 0 Å². The third-order valence-electron chi connectivity index (χ3n) is 21.5. The first-order valence-electron chi connectivity index (χ1n) is 37.9. The van der Waals surface area contributed by atoms with Crippen molar-refractivity contribution >= 4 is 74.2 Å². The van der Waals surface area contributed by atoms with Crippen molar-refractivity contribution in [2.45, 2.75) is 103 Å². The Morgan fingerprint density at radius 2 is 1.12 bits per heavy atom. The molecule has 0 saturated carbocycles. The molecule has 5 aliphatic rings. The number of carbonyl (C=O) groups is 4. The number of fused-ring (bicyclic) bond motifs is 6. The largest absolute Gasteiger partial charge is 0.394 e. The Labute approximate surface area is 649 Å². The highest BCUT2D eigenvalue weighted by atomic mass is 19.1. The Kier molecular flexibility index (Phi) is 22.7. The number of aliphatic imine (C=N–C) groups is 1. The topological polar surface area (TPSA) is 321 Å². The molecule has 10 N–H and O–H groups in total. The number of nitrogens with zero attached hydrogens (tertiary/aromatic N) is 8. The quantitative estimate of drug-likeness (QED) is 0.0266. The van der Waals surface area contributed by atoms with E-state index >= 15 is 0 Å². The molecule has 3 atom stereocenters. The van der Waals surface area contributed by atoms with Crippen LogP contribution in [-0.4, -0.2) is 192 Å². The molecule has 0 bridgehead atoms. The first kappa shape index (κ1) is 77.6. The lowest BCUT2D eigenvalue weighted by molar-refractivity contribution is 0.0515. The normalized spacial score (nSPS) is 15.4. The van der Waals surface area contributed by atoms with Crippen molar-refractivity contribution in [3.05, 3.63) is 255 Å². The minimum absolute atomic E-state index is 0.00641. The van der Waals surface area contributed by atoms with Gasteiger partial charge < -0.3 is 70.9 Å². The van der Waals surface area contributed by atoms with E-state index in [1.165, 1.54) is 23.2 Å². The molecule has 6 aromatic carbocycles. The summed E-state index contributed by atoms with van der Waals surface area (Å²) in [6.07, 6.45) is 8.13. The van der Waals surface area contributed by atoms with Crippen LogP contribution in [0.15, 0.2) is 153 Å². The third-order valence-corrected chi connectivity index (χ3v) is 21.5. The number of pyridine rings is 3. The van der Waals surface area contributed by atoms with Crippen LogP contribution in [0.3, 0.4) is 0 Å². The molecular weight excluding hydrogens is 1440 g/mol. The Morgan fingerprint density at radius 1 is 0.584 bits per heavy atom. The Hall–Kier alpha value is -12.1. The van der Waals surface area contributed by atoms with Crippen LogP contribution < -0.4 is 37.9 Å². The van der Waals surface area contributed by atoms with Crippen LogP contribution in [0.1, 0.15) is 118 Å². The average molecular weight is 1530 g/mol. The van der Waals surface area contributed by atoms with Crippen molar-refractivity contribution in [2.24, 2.45) is 4.99 Å². The fraction of sp³-hybridized carbons (Fsp3) is 0.318. The van der Waals surface area contributed by atoms with Gasteiger partial charge in [-0.1, -0.05) is 36.4 Å². The predicted octanol–water partition coefficient (Wildman–Crippen LogP) is 10.4. The summed E-state index contributed by atoms with van der Waals surface area (Å²) in [6, 6.07) is 32.3. The van der Waals surface area contributed by atoms with Crippen LogP contribution in [0.2, 0.25) is 0 Å². The number of anilines is 3. The van der Waals surface area contributed by atoms with Crippen molar-refractivity contribution in [3.8, 4) is 22.8 Å². The van der Waals surface area contributed by atoms with Crippen molar-refractivity contribution in [1.29, 1.82) is 0 Å². The number of rotatable bonds is 23. The Balaban J connectivity index is 0.000000141. The first-order valence-corrected chi connectivity index (χ1v) is 37.9. The van der Waals surface area contributed by atoms with Crippen molar-refractivity contribution in [3.63, 3.8) is 0 Å². The lowest BCUT2D eigenvalue weighted by atomic mass is 9.99. The van der Waals surface area contributed by atoms with Crippen molar-refractivity contribution < 1.29 is 37.5 Å². The molecule has 113 heavy (non-hydrogen) atoms. The van der Waals surface area contributed by atoms with Gasteiger partial charge in [-0.25, -0.2) is 23.1 Å². The number of aryl methyl sites for hydroxylation is 1. The molecule has 1 saturated heterocycles.